The van der Waals surface area contributed by atoms with E-state index in [1.54, 1.807) is 0 Å². The summed E-state index contributed by atoms with van der Waals surface area (Å²) in [4.78, 5) is 11.8. The zero-order valence-electron chi connectivity index (χ0n) is 10.8. The van der Waals surface area contributed by atoms with E-state index in [-0.39, 0.29) is 5.91 Å². The Kier molecular flexibility index (Phi) is 5.30. The van der Waals surface area contributed by atoms with Crippen molar-refractivity contribution < 1.29 is 4.79 Å². The molecule has 2 N–H and O–H groups in total. The van der Waals surface area contributed by atoms with Crippen molar-refractivity contribution in [3.63, 3.8) is 0 Å². The van der Waals surface area contributed by atoms with Gasteiger partial charge in [-0.05, 0) is 25.7 Å². The van der Waals surface area contributed by atoms with Gasteiger partial charge in [-0.15, -0.1) is 0 Å². The third kappa shape index (κ3) is 4.66. The second-order valence-electron chi connectivity index (χ2n) is 5.62. The first-order valence-electron chi connectivity index (χ1n) is 7.37. The lowest BCUT2D eigenvalue weighted by Gasteiger charge is -2.25. The summed E-state index contributed by atoms with van der Waals surface area (Å²) in [7, 11) is 0. The molecule has 2 aliphatic carbocycles. The van der Waals surface area contributed by atoms with Crippen molar-refractivity contribution in [2.45, 2.75) is 76.3 Å². The predicted octanol–water partition coefficient (Wildman–Crippen LogP) is 2.36. The Morgan fingerprint density at radius 2 is 1.35 bits per heavy atom. The highest BCUT2D eigenvalue weighted by atomic mass is 16.1. The van der Waals surface area contributed by atoms with Crippen LogP contribution in [-0.4, -0.2) is 24.5 Å². The maximum Gasteiger partial charge on any atom is 0.234 e. The van der Waals surface area contributed by atoms with Gasteiger partial charge in [0, 0.05) is 12.1 Å². The van der Waals surface area contributed by atoms with Crippen LogP contribution in [0.5, 0.6) is 0 Å². The fourth-order valence-corrected chi connectivity index (χ4v) is 3.07. The van der Waals surface area contributed by atoms with Gasteiger partial charge in [-0.1, -0.05) is 38.5 Å². The molecule has 1 amide bonds. The highest BCUT2D eigenvalue weighted by molar-refractivity contribution is 5.78. The smallest absolute Gasteiger partial charge is 0.234 e. The van der Waals surface area contributed by atoms with Gasteiger partial charge in [0.1, 0.15) is 0 Å². The zero-order chi connectivity index (χ0) is 11.9. The summed E-state index contributed by atoms with van der Waals surface area (Å²) in [5.74, 6) is 0.197. The molecule has 17 heavy (non-hydrogen) atoms. The van der Waals surface area contributed by atoms with E-state index in [4.69, 9.17) is 0 Å². The van der Waals surface area contributed by atoms with Crippen molar-refractivity contribution in [2.75, 3.05) is 6.54 Å². The Balaban J connectivity index is 1.59. The molecule has 0 saturated heterocycles. The Labute approximate surface area is 105 Å². The molecule has 0 spiro atoms. The standard InChI is InChI=1S/C14H26N2O/c17-14(16-13-9-5-2-6-10-13)11-15-12-7-3-1-4-8-12/h12-13,15H,1-11H2,(H,16,17). The van der Waals surface area contributed by atoms with E-state index in [1.807, 2.05) is 0 Å². The van der Waals surface area contributed by atoms with Crippen molar-refractivity contribution in [2.24, 2.45) is 0 Å². The van der Waals surface area contributed by atoms with Gasteiger partial charge in [0.2, 0.25) is 5.91 Å². The van der Waals surface area contributed by atoms with Gasteiger partial charge < -0.3 is 10.6 Å². The molecule has 2 aliphatic rings. The molecule has 0 aliphatic heterocycles. The molecule has 0 aromatic heterocycles. The van der Waals surface area contributed by atoms with Crippen molar-refractivity contribution in [1.82, 2.24) is 10.6 Å². The number of hydrogen-bond donors (Lipinski definition) is 2. The van der Waals surface area contributed by atoms with Gasteiger partial charge in [-0.25, -0.2) is 0 Å². The van der Waals surface area contributed by atoms with Crippen LogP contribution in [0.1, 0.15) is 64.2 Å². The molecule has 98 valence electrons. The molecule has 0 heterocycles. The number of nitrogens with one attached hydrogen (secondary N) is 2. The third-order valence-electron chi connectivity index (χ3n) is 4.13. The maximum absolute atomic E-state index is 11.8. The Morgan fingerprint density at radius 3 is 1.94 bits per heavy atom. The summed E-state index contributed by atoms with van der Waals surface area (Å²) < 4.78 is 0. The van der Waals surface area contributed by atoms with Crippen LogP contribution in [0, 0.1) is 0 Å². The molecule has 0 unspecified atom stereocenters. The molecule has 3 heteroatoms. The maximum atomic E-state index is 11.8. The van der Waals surface area contributed by atoms with Crippen LogP contribution in [0.25, 0.3) is 0 Å². The minimum atomic E-state index is 0.197. The molecule has 0 atom stereocenters. The molecule has 2 fully saturated rings. The minimum absolute atomic E-state index is 0.197. The van der Waals surface area contributed by atoms with E-state index >= 15 is 0 Å². The number of carbonyl (C=O) groups excluding carboxylic acids is 1. The number of amides is 1. The van der Waals surface area contributed by atoms with Crippen LogP contribution in [0.3, 0.4) is 0 Å². The van der Waals surface area contributed by atoms with Crippen molar-refractivity contribution in [3.05, 3.63) is 0 Å². The van der Waals surface area contributed by atoms with E-state index in [2.05, 4.69) is 10.6 Å². The molecule has 0 radical (unpaired) electrons. The molecular weight excluding hydrogens is 212 g/mol. The Hall–Kier alpha value is -0.570. The fraction of sp³-hybridized carbons (Fsp3) is 0.929. The van der Waals surface area contributed by atoms with Crippen LogP contribution in [0.15, 0.2) is 0 Å². The second kappa shape index (κ2) is 7.00. The van der Waals surface area contributed by atoms with Gasteiger partial charge in [0.25, 0.3) is 0 Å². The lowest BCUT2D eigenvalue weighted by Crippen LogP contribution is -2.44. The Morgan fingerprint density at radius 1 is 0.824 bits per heavy atom. The Bertz CT molecular complexity index is 230. The normalized spacial score (nSPS) is 23.5. The largest absolute Gasteiger partial charge is 0.352 e. The van der Waals surface area contributed by atoms with Crippen molar-refractivity contribution >= 4 is 5.91 Å². The zero-order valence-corrected chi connectivity index (χ0v) is 10.8. The van der Waals surface area contributed by atoms with E-state index in [0.29, 0.717) is 18.6 Å². The molecule has 2 saturated carbocycles. The summed E-state index contributed by atoms with van der Waals surface area (Å²) in [6.07, 6.45) is 12.8. The summed E-state index contributed by atoms with van der Waals surface area (Å²) in [6, 6.07) is 1.03. The first kappa shape index (κ1) is 12.9. The lowest BCUT2D eigenvalue weighted by atomic mass is 9.95. The highest BCUT2D eigenvalue weighted by Crippen LogP contribution is 2.18. The molecule has 3 nitrogen and oxygen atoms in total. The molecule has 0 aromatic rings. The van der Waals surface area contributed by atoms with Crippen LogP contribution < -0.4 is 10.6 Å². The second-order valence-corrected chi connectivity index (χ2v) is 5.62. The van der Waals surface area contributed by atoms with Gasteiger partial charge >= 0.3 is 0 Å². The van der Waals surface area contributed by atoms with Crippen molar-refractivity contribution in [3.8, 4) is 0 Å². The van der Waals surface area contributed by atoms with Gasteiger partial charge in [0.05, 0.1) is 6.54 Å². The average molecular weight is 238 g/mol. The minimum Gasteiger partial charge on any atom is -0.352 e. The first-order chi connectivity index (χ1) is 8.34. The summed E-state index contributed by atoms with van der Waals surface area (Å²) in [6.45, 7) is 0.515. The highest BCUT2D eigenvalue weighted by Gasteiger charge is 2.17. The van der Waals surface area contributed by atoms with Crippen molar-refractivity contribution in [1.29, 1.82) is 0 Å². The van der Waals surface area contributed by atoms with E-state index < -0.39 is 0 Å². The van der Waals surface area contributed by atoms with Gasteiger partial charge in [-0.2, -0.15) is 0 Å². The van der Waals surface area contributed by atoms with Crippen LogP contribution >= 0.6 is 0 Å². The average Bonchev–Trinajstić information content (AvgIpc) is 2.39. The number of rotatable bonds is 4. The van der Waals surface area contributed by atoms with Gasteiger partial charge in [0.15, 0.2) is 0 Å². The molecular formula is C14H26N2O. The van der Waals surface area contributed by atoms with Crippen LogP contribution in [-0.2, 0) is 4.79 Å². The molecule has 0 aromatic carbocycles. The summed E-state index contributed by atoms with van der Waals surface area (Å²) >= 11 is 0. The SMILES string of the molecule is O=C(CNC1CCCCC1)NC1CCCCC1. The monoisotopic (exact) mass is 238 g/mol. The summed E-state index contributed by atoms with van der Waals surface area (Å²) in [5, 5.41) is 6.56. The molecule has 2 rings (SSSR count). The lowest BCUT2D eigenvalue weighted by molar-refractivity contribution is -0.121. The topological polar surface area (TPSA) is 41.1 Å². The quantitative estimate of drug-likeness (QED) is 0.789. The molecule has 0 bridgehead atoms. The third-order valence-corrected chi connectivity index (χ3v) is 4.13. The number of carbonyl (C=O) groups is 1. The van der Waals surface area contributed by atoms with E-state index in [9.17, 15) is 4.79 Å². The van der Waals surface area contributed by atoms with Crippen LogP contribution in [0.2, 0.25) is 0 Å². The summed E-state index contributed by atoms with van der Waals surface area (Å²) in [5.41, 5.74) is 0. The first-order valence-corrected chi connectivity index (χ1v) is 7.37. The van der Waals surface area contributed by atoms with Gasteiger partial charge in [-0.3, -0.25) is 4.79 Å². The van der Waals surface area contributed by atoms with Crippen LogP contribution in [0.4, 0.5) is 0 Å². The van der Waals surface area contributed by atoms with E-state index in [1.165, 1.54) is 64.2 Å². The predicted molar refractivity (Wildman–Crippen MR) is 69.9 cm³/mol. The number of hydrogen-bond acceptors (Lipinski definition) is 2. The van der Waals surface area contributed by atoms with E-state index in [0.717, 1.165) is 0 Å². The fourth-order valence-electron chi connectivity index (χ4n) is 3.07.